The van der Waals surface area contributed by atoms with Gasteiger partial charge in [0, 0.05) is 25.7 Å². The summed E-state index contributed by atoms with van der Waals surface area (Å²) in [5, 5.41) is 18.5. The van der Waals surface area contributed by atoms with Crippen LogP contribution in [0.3, 0.4) is 0 Å². The minimum atomic E-state index is -3.16. The number of halogens is 2. The van der Waals surface area contributed by atoms with Gasteiger partial charge in [-0.2, -0.15) is 13.8 Å². The van der Waals surface area contributed by atoms with Crippen molar-refractivity contribution in [2.24, 2.45) is 0 Å². The average Bonchev–Trinajstić information content (AvgIpc) is 3.11. The molecule has 0 amide bonds. The number of aromatic nitrogens is 2. The Balaban J connectivity index is 2.01. The van der Waals surface area contributed by atoms with Crippen molar-refractivity contribution >= 4 is 5.69 Å². The van der Waals surface area contributed by atoms with E-state index in [4.69, 9.17) is 9.26 Å². The lowest BCUT2D eigenvalue weighted by atomic mass is 10.1. The fourth-order valence-corrected chi connectivity index (χ4v) is 2.79. The quantitative estimate of drug-likeness (QED) is 0.587. The highest BCUT2D eigenvalue weighted by Gasteiger charge is 2.29. The van der Waals surface area contributed by atoms with E-state index in [2.05, 4.69) is 20.2 Å². The van der Waals surface area contributed by atoms with Crippen LogP contribution >= 0.6 is 0 Å². The van der Waals surface area contributed by atoms with Gasteiger partial charge in [-0.15, -0.1) is 0 Å². The number of alkyl halides is 2. The smallest absolute Gasteiger partial charge is 0.387 e. The van der Waals surface area contributed by atoms with E-state index in [0.29, 0.717) is 12.4 Å². The summed E-state index contributed by atoms with van der Waals surface area (Å²) in [6.45, 7) is -0.954. The predicted molar refractivity (Wildman–Crippen MR) is 87.8 cm³/mol. The fourth-order valence-electron chi connectivity index (χ4n) is 2.79. The molecule has 0 spiro atoms. The maximum absolute atomic E-state index is 12.5. The third-order valence-electron chi connectivity index (χ3n) is 4.18. The molecule has 1 unspecified atom stereocenters. The summed E-state index contributed by atoms with van der Waals surface area (Å²) in [6, 6.07) is 1.85. The number of nitrogens with one attached hydrogen (secondary N) is 1. The largest absolute Gasteiger partial charge is 0.493 e. The van der Waals surface area contributed by atoms with Gasteiger partial charge in [0.05, 0.1) is 24.1 Å². The molecule has 10 nitrogen and oxygen atoms in total. The molecular formula is C15H17F2N5O5. The molecule has 1 aromatic heterocycles. The molecular weight excluding hydrogens is 368 g/mol. The molecule has 27 heavy (non-hydrogen) atoms. The van der Waals surface area contributed by atoms with Crippen molar-refractivity contribution in [3.05, 3.63) is 28.1 Å². The van der Waals surface area contributed by atoms with Gasteiger partial charge in [-0.25, -0.2) is 0 Å². The standard InChI is InChI=1S/C15H17F2N5O5/c1-21-4-3-18-7-10(21)13-19-14(27-20-13)8-5-11(25-2)12(26-15(16)17)6-9(8)22(23)24/h5-6,10,15,18H,3-4,7H2,1-2H3. The average molecular weight is 385 g/mol. The molecule has 146 valence electrons. The van der Waals surface area contributed by atoms with Crippen molar-refractivity contribution in [3.63, 3.8) is 0 Å². The van der Waals surface area contributed by atoms with E-state index in [1.807, 2.05) is 11.9 Å². The van der Waals surface area contributed by atoms with E-state index < -0.39 is 23.0 Å². The second-order valence-electron chi connectivity index (χ2n) is 5.81. The van der Waals surface area contributed by atoms with Crippen molar-refractivity contribution in [1.82, 2.24) is 20.4 Å². The topological polar surface area (TPSA) is 116 Å². The van der Waals surface area contributed by atoms with Crippen LogP contribution in [-0.4, -0.2) is 60.4 Å². The van der Waals surface area contributed by atoms with E-state index in [0.717, 1.165) is 25.2 Å². The Morgan fingerprint density at radius 1 is 1.44 bits per heavy atom. The van der Waals surface area contributed by atoms with Crippen molar-refractivity contribution < 1.29 is 27.7 Å². The minimum absolute atomic E-state index is 0.0522. The number of nitro benzene ring substituents is 1. The summed E-state index contributed by atoms with van der Waals surface area (Å²) in [5.74, 6) is -0.329. The third kappa shape index (κ3) is 3.95. The van der Waals surface area contributed by atoms with Crippen LogP contribution in [-0.2, 0) is 0 Å². The van der Waals surface area contributed by atoms with E-state index in [-0.39, 0.29) is 23.2 Å². The molecule has 0 radical (unpaired) electrons. The molecule has 1 saturated heterocycles. The molecule has 0 saturated carbocycles. The molecule has 3 rings (SSSR count). The molecule has 1 aliphatic heterocycles. The first-order valence-corrected chi connectivity index (χ1v) is 7.97. The molecule has 2 heterocycles. The molecule has 0 aliphatic carbocycles. The van der Waals surface area contributed by atoms with E-state index in [1.54, 1.807) is 0 Å². The summed E-state index contributed by atoms with van der Waals surface area (Å²) >= 11 is 0. The number of benzene rings is 1. The van der Waals surface area contributed by atoms with E-state index >= 15 is 0 Å². The van der Waals surface area contributed by atoms with Crippen LogP contribution in [0.25, 0.3) is 11.5 Å². The van der Waals surface area contributed by atoms with Crippen LogP contribution in [0.4, 0.5) is 14.5 Å². The zero-order chi connectivity index (χ0) is 19.6. The molecule has 1 fully saturated rings. The summed E-state index contributed by atoms with van der Waals surface area (Å²) in [7, 11) is 3.13. The van der Waals surface area contributed by atoms with Crippen LogP contribution in [0, 0.1) is 10.1 Å². The van der Waals surface area contributed by atoms with Gasteiger partial charge in [0.15, 0.2) is 17.3 Å². The summed E-state index contributed by atoms with van der Waals surface area (Å²) in [4.78, 5) is 16.9. The number of nitro groups is 1. The Morgan fingerprint density at radius 2 is 2.22 bits per heavy atom. The summed E-state index contributed by atoms with van der Waals surface area (Å²) in [5.41, 5.74) is -0.569. The van der Waals surface area contributed by atoms with E-state index in [1.165, 1.54) is 7.11 Å². The zero-order valence-corrected chi connectivity index (χ0v) is 14.5. The van der Waals surface area contributed by atoms with Gasteiger partial charge >= 0.3 is 6.61 Å². The number of piperazine rings is 1. The number of hydrogen-bond acceptors (Lipinski definition) is 9. The molecule has 1 aliphatic rings. The lowest BCUT2D eigenvalue weighted by molar-refractivity contribution is -0.384. The second-order valence-corrected chi connectivity index (χ2v) is 5.81. The van der Waals surface area contributed by atoms with Gasteiger partial charge in [-0.3, -0.25) is 15.0 Å². The molecule has 2 aromatic rings. The first-order valence-electron chi connectivity index (χ1n) is 7.97. The van der Waals surface area contributed by atoms with Crippen LogP contribution in [0.15, 0.2) is 16.7 Å². The number of hydrogen-bond donors (Lipinski definition) is 1. The summed E-state index contributed by atoms with van der Waals surface area (Å²) < 4.78 is 39.6. The molecule has 1 atom stereocenters. The van der Waals surface area contributed by atoms with Crippen LogP contribution in [0.2, 0.25) is 0 Å². The molecule has 1 aromatic carbocycles. The molecule has 12 heteroatoms. The van der Waals surface area contributed by atoms with Crippen LogP contribution in [0.1, 0.15) is 11.9 Å². The summed E-state index contributed by atoms with van der Waals surface area (Å²) in [6.07, 6.45) is 0. The minimum Gasteiger partial charge on any atom is -0.493 e. The number of likely N-dealkylation sites (N-methyl/N-ethyl adjacent to an activating group) is 1. The molecule has 0 bridgehead atoms. The number of nitrogens with zero attached hydrogens (tertiary/aromatic N) is 4. The van der Waals surface area contributed by atoms with Gasteiger partial charge in [-0.05, 0) is 7.05 Å². The third-order valence-corrected chi connectivity index (χ3v) is 4.18. The Morgan fingerprint density at radius 3 is 2.85 bits per heavy atom. The Labute approximate surface area is 152 Å². The van der Waals surface area contributed by atoms with Crippen molar-refractivity contribution in [2.45, 2.75) is 12.7 Å². The maximum atomic E-state index is 12.5. The SMILES string of the molecule is COc1cc(-c2nc(C3CNCCN3C)no2)c([N+](=O)[O-])cc1OC(F)F. The van der Waals surface area contributed by atoms with Gasteiger partial charge < -0.3 is 19.3 Å². The Bertz CT molecular complexity index is 831. The van der Waals surface area contributed by atoms with Gasteiger partial charge in [0.2, 0.25) is 0 Å². The predicted octanol–water partition coefficient (Wildman–Crippen LogP) is 1.83. The van der Waals surface area contributed by atoms with Crippen molar-refractivity contribution in [3.8, 4) is 23.0 Å². The van der Waals surface area contributed by atoms with Crippen molar-refractivity contribution in [2.75, 3.05) is 33.8 Å². The lowest BCUT2D eigenvalue weighted by Crippen LogP contribution is -2.44. The highest BCUT2D eigenvalue weighted by molar-refractivity contribution is 5.72. The number of ether oxygens (including phenoxy) is 2. The highest BCUT2D eigenvalue weighted by atomic mass is 19.3. The normalized spacial score (nSPS) is 17.9. The van der Waals surface area contributed by atoms with Crippen LogP contribution < -0.4 is 14.8 Å². The first kappa shape index (κ1) is 18.9. The van der Waals surface area contributed by atoms with Gasteiger partial charge in [-0.1, -0.05) is 5.16 Å². The maximum Gasteiger partial charge on any atom is 0.387 e. The van der Waals surface area contributed by atoms with Crippen molar-refractivity contribution in [1.29, 1.82) is 0 Å². The number of rotatable bonds is 6. The van der Waals surface area contributed by atoms with Gasteiger partial charge in [0.1, 0.15) is 5.56 Å². The second kappa shape index (κ2) is 7.80. The zero-order valence-electron chi connectivity index (χ0n) is 14.5. The van der Waals surface area contributed by atoms with E-state index in [9.17, 15) is 18.9 Å². The van der Waals surface area contributed by atoms with Crippen LogP contribution in [0.5, 0.6) is 11.5 Å². The highest BCUT2D eigenvalue weighted by Crippen LogP contribution is 2.40. The molecule has 1 N–H and O–H groups in total. The first-order chi connectivity index (χ1) is 12.9. The van der Waals surface area contributed by atoms with Gasteiger partial charge in [0.25, 0.3) is 11.6 Å². The Kier molecular flexibility index (Phi) is 5.46. The Hall–Kier alpha value is -2.86. The number of methoxy groups -OCH3 is 1. The lowest BCUT2D eigenvalue weighted by Gasteiger charge is -2.30. The monoisotopic (exact) mass is 385 g/mol. The fraction of sp³-hybridized carbons (Fsp3) is 0.467.